The van der Waals surface area contributed by atoms with E-state index in [1.165, 1.54) is 6.20 Å². The van der Waals surface area contributed by atoms with Crippen molar-refractivity contribution in [1.29, 1.82) is 0 Å². The zero-order valence-electron chi connectivity index (χ0n) is 17.3. The lowest BCUT2D eigenvalue weighted by Crippen LogP contribution is -2.52. The van der Waals surface area contributed by atoms with Gasteiger partial charge >= 0.3 is 5.97 Å². The Morgan fingerprint density at radius 1 is 1.13 bits per heavy atom. The van der Waals surface area contributed by atoms with E-state index in [1.807, 2.05) is 61.2 Å². The van der Waals surface area contributed by atoms with Gasteiger partial charge in [0.2, 0.25) is 0 Å². The van der Waals surface area contributed by atoms with E-state index in [-0.39, 0.29) is 5.69 Å². The van der Waals surface area contributed by atoms with Crippen LogP contribution in [0.25, 0.3) is 11.1 Å². The van der Waals surface area contributed by atoms with Crippen LogP contribution in [0, 0.1) is 0 Å². The van der Waals surface area contributed by atoms with Crippen LogP contribution in [0.4, 0.5) is 0 Å². The Labute approximate surface area is 179 Å². The van der Waals surface area contributed by atoms with Crippen LogP contribution in [0.2, 0.25) is 0 Å². The van der Waals surface area contributed by atoms with Crippen LogP contribution in [-0.2, 0) is 4.79 Å². The van der Waals surface area contributed by atoms with Crippen molar-refractivity contribution in [2.24, 2.45) is 5.10 Å². The molecule has 1 aliphatic rings. The number of carbonyl (C=O) groups excluding carboxylic acids is 2. The molecule has 158 valence electrons. The van der Waals surface area contributed by atoms with E-state index >= 15 is 0 Å². The summed E-state index contributed by atoms with van der Waals surface area (Å²) < 4.78 is 5.71. The van der Waals surface area contributed by atoms with Crippen molar-refractivity contribution < 1.29 is 14.3 Å². The van der Waals surface area contributed by atoms with E-state index in [2.05, 4.69) is 20.7 Å². The lowest BCUT2D eigenvalue weighted by atomic mass is 9.90. The minimum atomic E-state index is -0.741. The number of rotatable bonds is 6. The number of carbonyl (C=O) groups is 2. The highest BCUT2D eigenvalue weighted by molar-refractivity contribution is 6.22. The number of esters is 1. The van der Waals surface area contributed by atoms with Gasteiger partial charge in [-0.2, -0.15) is 10.2 Å². The molecule has 8 heteroatoms. The fourth-order valence-corrected chi connectivity index (χ4v) is 3.73. The van der Waals surface area contributed by atoms with Gasteiger partial charge < -0.3 is 4.74 Å². The lowest BCUT2D eigenvalue weighted by Gasteiger charge is -2.33. The Hall–Kier alpha value is -3.78. The minimum Gasteiger partial charge on any atom is -0.424 e. The number of H-pyrrole nitrogens is 1. The van der Waals surface area contributed by atoms with Gasteiger partial charge in [0.05, 0.1) is 5.56 Å². The third kappa shape index (κ3) is 3.97. The first-order valence-electron chi connectivity index (χ1n) is 10.2. The molecule has 1 amide bonds. The molecule has 3 aromatic rings. The van der Waals surface area contributed by atoms with Gasteiger partial charge in [-0.3, -0.25) is 14.8 Å². The van der Waals surface area contributed by atoms with Crippen LogP contribution in [-0.4, -0.2) is 51.8 Å². The van der Waals surface area contributed by atoms with E-state index in [0.29, 0.717) is 30.1 Å². The number of fused-ring (bicyclic) bond motifs is 1. The monoisotopic (exact) mass is 417 g/mol. The predicted octanol–water partition coefficient (Wildman–Crippen LogP) is 2.84. The maximum atomic E-state index is 13.0. The molecule has 1 atom stereocenters. The molecule has 2 aromatic carbocycles. The number of hydrogen-bond acceptors (Lipinski definition) is 6. The van der Waals surface area contributed by atoms with Gasteiger partial charge in [-0.25, -0.2) is 10.2 Å². The highest BCUT2D eigenvalue weighted by Crippen LogP contribution is 2.36. The first-order valence-corrected chi connectivity index (χ1v) is 10.2. The largest absolute Gasteiger partial charge is 0.424 e. The van der Waals surface area contributed by atoms with Crippen molar-refractivity contribution in [3.05, 3.63) is 72.1 Å². The standard InChI is InChI=1S/C23H23N5O3/c1-3-28(4-2)21-20(26-27-22(29)17-13-14-24-25-17)19-16(15-9-6-5-7-10-15)11-8-12-18(19)31-23(21)30/h5-14,21H,3-4H2,1-2H3,(H,24,25)(H,27,29). The molecule has 1 aliphatic heterocycles. The van der Waals surface area contributed by atoms with E-state index < -0.39 is 17.9 Å². The molecule has 0 spiro atoms. The fraction of sp³-hybridized carbons (Fsp3) is 0.217. The number of ether oxygens (including phenoxy) is 1. The molecular weight excluding hydrogens is 394 g/mol. The van der Waals surface area contributed by atoms with E-state index in [4.69, 9.17) is 4.74 Å². The lowest BCUT2D eigenvalue weighted by molar-refractivity contribution is -0.138. The van der Waals surface area contributed by atoms with Gasteiger partial charge in [0.25, 0.3) is 5.91 Å². The number of likely N-dealkylation sites (N-methyl/N-ethyl adjacent to an activating group) is 1. The second-order valence-electron chi connectivity index (χ2n) is 7.00. The molecule has 0 radical (unpaired) electrons. The summed E-state index contributed by atoms with van der Waals surface area (Å²) in [6, 6.07) is 16.2. The topological polar surface area (TPSA) is 99.7 Å². The molecule has 0 aliphatic carbocycles. The summed E-state index contributed by atoms with van der Waals surface area (Å²) in [7, 11) is 0. The maximum Gasteiger partial charge on any atom is 0.335 e. The van der Waals surface area contributed by atoms with Gasteiger partial charge in [0.1, 0.15) is 17.2 Å². The number of amides is 1. The number of nitrogens with one attached hydrogen (secondary N) is 2. The first kappa shape index (κ1) is 20.5. The van der Waals surface area contributed by atoms with Crippen molar-refractivity contribution >= 4 is 17.6 Å². The average Bonchev–Trinajstić information content (AvgIpc) is 3.34. The van der Waals surface area contributed by atoms with Crippen molar-refractivity contribution in [2.45, 2.75) is 19.9 Å². The summed E-state index contributed by atoms with van der Waals surface area (Å²) in [5.41, 5.74) is 5.82. The normalized spacial score (nSPS) is 16.8. The minimum absolute atomic E-state index is 0.277. The number of benzene rings is 2. The Morgan fingerprint density at radius 2 is 1.90 bits per heavy atom. The smallest absolute Gasteiger partial charge is 0.335 e. The van der Waals surface area contributed by atoms with Crippen molar-refractivity contribution in [1.82, 2.24) is 20.5 Å². The molecule has 31 heavy (non-hydrogen) atoms. The molecule has 8 nitrogen and oxygen atoms in total. The van der Waals surface area contributed by atoms with Gasteiger partial charge in [-0.15, -0.1) is 0 Å². The highest BCUT2D eigenvalue weighted by atomic mass is 16.5. The second kappa shape index (κ2) is 8.93. The quantitative estimate of drug-likeness (QED) is 0.365. The van der Waals surface area contributed by atoms with Gasteiger partial charge in [-0.1, -0.05) is 56.3 Å². The van der Waals surface area contributed by atoms with E-state index in [1.54, 1.807) is 12.1 Å². The molecule has 0 bridgehead atoms. The zero-order valence-corrected chi connectivity index (χ0v) is 17.3. The van der Waals surface area contributed by atoms with Crippen LogP contribution >= 0.6 is 0 Å². The average molecular weight is 417 g/mol. The summed E-state index contributed by atoms with van der Waals surface area (Å²) in [5.74, 6) is -0.443. The number of nitrogens with zero attached hydrogens (tertiary/aromatic N) is 3. The molecule has 1 aromatic heterocycles. The Morgan fingerprint density at radius 3 is 2.58 bits per heavy atom. The summed E-state index contributed by atoms with van der Waals surface area (Å²) in [6.45, 7) is 5.17. The van der Waals surface area contributed by atoms with Crippen molar-refractivity contribution in [2.75, 3.05) is 13.1 Å². The third-order valence-electron chi connectivity index (χ3n) is 5.26. The van der Waals surface area contributed by atoms with Crippen LogP contribution in [0.15, 0.2) is 65.9 Å². The zero-order chi connectivity index (χ0) is 21.8. The third-order valence-corrected chi connectivity index (χ3v) is 5.26. The maximum absolute atomic E-state index is 13.0. The molecule has 2 N–H and O–H groups in total. The Balaban J connectivity index is 1.86. The SMILES string of the molecule is CCN(CC)C1C(=O)Oc2cccc(-c3ccccc3)c2C1=NNC(=O)c1ccn[nH]1. The van der Waals surface area contributed by atoms with Crippen LogP contribution < -0.4 is 10.2 Å². The molecule has 2 heterocycles. The van der Waals surface area contributed by atoms with Crippen LogP contribution in [0.1, 0.15) is 29.9 Å². The summed E-state index contributed by atoms with van der Waals surface area (Å²) >= 11 is 0. The number of aromatic amines is 1. The van der Waals surface area contributed by atoms with Crippen LogP contribution in [0.5, 0.6) is 5.75 Å². The van der Waals surface area contributed by atoms with Crippen LogP contribution in [0.3, 0.4) is 0 Å². The fourth-order valence-electron chi connectivity index (χ4n) is 3.73. The van der Waals surface area contributed by atoms with Gasteiger partial charge in [-0.05, 0) is 36.3 Å². The molecule has 0 fully saturated rings. The molecule has 0 saturated heterocycles. The van der Waals surface area contributed by atoms with Crippen molar-refractivity contribution in [3.8, 4) is 16.9 Å². The molecule has 4 rings (SSSR count). The second-order valence-corrected chi connectivity index (χ2v) is 7.00. The molecular formula is C23H23N5O3. The molecule has 0 saturated carbocycles. The Kier molecular flexibility index (Phi) is 5.90. The first-order chi connectivity index (χ1) is 15.1. The number of hydrogen-bond donors (Lipinski definition) is 2. The predicted molar refractivity (Wildman–Crippen MR) is 117 cm³/mol. The van der Waals surface area contributed by atoms with Crippen molar-refractivity contribution in [3.63, 3.8) is 0 Å². The Bertz CT molecular complexity index is 1110. The summed E-state index contributed by atoms with van der Waals surface area (Å²) in [5, 5.41) is 10.8. The number of aromatic nitrogens is 2. The molecule has 1 unspecified atom stereocenters. The van der Waals surface area contributed by atoms with E-state index in [0.717, 1.165) is 11.1 Å². The van der Waals surface area contributed by atoms with E-state index in [9.17, 15) is 9.59 Å². The summed E-state index contributed by atoms with van der Waals surface area (Å²) in [6.07, 6.45) is 1.49. The van der Waals surface area contributed by atoms with Gasteiger partial charge in [0.15, 0.2) is 6.04 Å². The highest BCUT2D eigenvalue weighted by Gasteiger charge is 2.39. The summed E-state index contributed by atoms with van der Waals surface area (Å²) in [4.78, 5) is 27.4. The van der Waals surface area contributed by atoms with Gasteiger partial charge in [0, 0.05) is 6.20 Å². The number of hydrazone groups is 1.